The fourth-order valence-corrected chi connectivity index (χ4v) is 1.87. The van der Waals surface area contributed by atoms with Gasteiger partial charge in [-0.1, -0.05) is 12.1 Å². The number of fused-ring (bicyclic) bond motifs is 1. The van der Waals surface area contributed by atoms with Crippen molar-refractivity contribution < 1.29 is 5.11 Å². The number of hydrogen-bond donors (Lipinski definition) is 3. The Labute approximate surface area is 104 Å². The second-order valence-electron chi connectivity index (χ2n) is 4.19. The minimum absolute atomic E-state index is 0.290. The standard InChI is InChI=1S/C14H13N3O/c18-13-4-1-10(2-5-13)8-15-12-3-6-14-11(7-12)9-16-17-14/h1-7,9,15,18H,8H2,(H,16,17). The van der Waals surface area contributed by atoms with E-state index in [2.05, 4.69) is 21.6 Å². The first-order valence-electron chi connectivity index (χ1n) is 5.76. The summed E-state index contributed by atoms with van der Waals surface area (Å²) >= 11 is 0. The lowest BCUT2D eigenvalue weighted by Crippen LogP contribution is -1.98. The van der Waals surface area contributed by atoms with Crippen molar-refractivity contribution >= 4 is 16.6 Å². The zero-order valence-electron chi connectivity index (χ0n) is 9.72. The fourth-order valence-electron chi connectivity index (χ4n) is 1.87. The van der Waals surface area contributed by atoms with Crippen LogP contribution in [0, 0.1) is 0 Å². The van der Waals surface area contributed by atoms with Gasteiger partial charge in [0.1, 0.15) is 5.75 Å². The van der Waals surface area contributed by atoms with Gasteiger partial charge in [-0.05, 0) is 35.9 Å². The Morgan fingerprint density at radius 2 is 1.94 bits per heavy atom. The summed E-state index contributed by atoms with van der Waals surface area (Å²) in [5, 5.41) is 20.5. The lowest BCUT2D eigenvalue weighted by atomic mass is 10.2. The molecule has 0 aliphatic rings. The van der Waals surface area contributed by atoms with E-state index in [1.807, 2.05) is 24.3 Å². The highest BCUT2D eigenvalue weighted by atomic mass is 16.3. The predicted molar refractivity (Wildman–Crippen MR) is 71.5 cm³/mol. The minimum Gasteiger partial charge on any atom is -0.508 e. The maximum absolute atomic E-state index is 9.21. The van der Waals surface area contributed by atoms with E-state index in [4.69, 9.17) is 0 Å². The highest BCUT2D eigenvalue weighted by Crippen LogP contribution is 2.18. The van der Waals surface area contributed by atoms with Crippen LogP contribution in [0.5, 0.6) is 5.75 Å². The van der Waals surface area contributed by atoms with E-state index in [0.717, 1.165) is 28.7 Å². The molecule has 0 saturated carbocycles. The van der Waals surface area contributed by atoms with E-state index in [0.29, 0.717) is 5.75 Å². The Bertz CT molecular complexity index is 658. The van der Waals surface area contributed by atoms with Gasteiger partial charge in [0.15, 0.2) is 0 Å². The quantitative estimate of drug-likeness (QED) is 0.658. The summed E-state index contributed by atoms with van der Waals surface area (Å²) in [7, 11) is 0. The van der Waals surface area contributed by atoms with Crippen molar-refractivity contribution in [1.29, 1.82) is 0 Å². The number of aromatic amines is 1. The van der Waals surface area contributed by atoms with Gasteiger partial charge in [0.05, 0.1) is 11.7 Å². The first-order chi connectivity index (χ1) is 8.81. The van der Waals surface area contributed by atoms with Crippen LogP contribution in [-0.2, 0) is 6.54 Å². The number of aromatic nitrogens is 2. The van der Waals surface area contributed by atoms with Crippen molar-refractivity contribution in [2.45, 2.75) is 6.54 Å². The molecular formula is C14H13N3O. The molecule has 18 heavy (non-hydrogen) atoms. The predicted octanol–water partition coefficient (Wildman–Crippen LogP) is 2.88. The molecule has 3 N–H and O–H groups in total. The van der Waals surface area contributed by atoms with Crippen LogP contribution < -0.4 is 5.32 Å². The summed E-state index contributed by atoms with van der Waals surface area (Å²) in [6.45, 7) is 0.726. The summed E-state index contributed by atoms with van der Waals surface area (Å²) in [6, 6.07) is 13.3. The Morgan fingerprint density at radius 1 is 1.11 bits per heavy atom. The molecule has 0 unspecified atom stereocenters. The summed E-state index contributed by atoms with van der Waals surface area (Å²) in [5.41, 5.74) is 3.21. The molecule has 90 valence electrons. The van der Waals surface area contributed by atoms with E-state index in [1.165, 1.54) is 0 Å². The van der Waals surface area contributed by atoms with E-state index in [1.54, 1.807) is 18.3 Å². The maximum atomic E-state index is 9.21. The Balaban J connectivity index is 1.74. The third-order valence-electron chi connectivity index (χ3n) is 2.87. The molecular weight excluding hydrogens is 226 g/mol. The van der Waals surface area contributed by atoms with Gasteiger partial charge in [-0.2, -0.15) is 5.10 Å². The van der Waals surface area contributed by atoms with Gasteiger partial charge in [-0.25, -0.2) is 0 Å². The van der Waals surface area contributed by atoms with E-state index < -0.39 is 0 Å². The van der Waals surface area contributed by atoms with Crippen LogP contribution in [0.3, 0.4) is 0 Å². The Kier molecular flexibility index (Phi) is 2.61. The summed E-state index contributed by atoms with van der Waals surface area (Å²) in [6.07, 6.45) is 1.81. The Morgan fingerprint density at radius 3 is 2.78 bits per heavy atom. The summed E-state index contributed by atoms with van der Waals surface area (Å²) < 4.78 is 0. The molecule has 0 fully saturated rings. The minimum atomic E-state index is 0.290. The molecule has 0 amide bonds. The van der Waals surface area contributed by atoms with Gasteiger partial charge in [-0.15, -0.1) is 0 Å². The lowest BCUT2D eigenvalue weighted by Gasteiger charge is -2.06. The molecule has 0 aliphatic heterocycles. The smallest absolute Gasteiger partial charge is 0.115 e. The largest absolute Gasteiger partial charge is 0.508 e. The van der Waals surface area contributed by atoms with Crippen molar-refractivity contribution in [3.05, 3.63) is 54.2 Å². The van der Waals surface area contributed by atoms with E-state index in [-0.39, 0.29) is 0 Å². The van der Waals surface area contributed by atoms with Gasteiger partial charge in [0, 0.05) is 17.6 Å². The highest BCUT2D eigenvalue weighted by Gasteiger charge is 1.98. The number of phenols is 1. The van der Waals surface area contributed by atoms with Gasteiger partial charge in [-0.3, -0.25) is 5.10 Å². The molecule has 0 spiro atoms. The molecule has 2 aromatic carbocycles. The van der Waals surface area contributed by atoms with Gasteiger partial charge < -0.3 is 10.4 Å². The first-order valence-corrected chi connectivity index (χ1v) is 5.76. The molecule has 0 atom stereocenters. The van der Waals surface area contributed by atoms with E-state index >= 15 is 0 Å². The number of nitrogens with one attached hydrogen (secondary N) is 2. The number of aromatic hydroxyl groups is 1. The van der Waals surface area contributed by atoms with Gasteiger partial charge in [0.2, 0.25) is 0 Å². The molecule has 1 heterocycles. The molecule has 3 aromatic rings. The van der Waals surface area contributed by atoms with Crippen LogP contribution >= 0.6 is 0 Å². The highest BCUT2D eigenvalue weighted by molar-refractivity contribution is 5.81. The molecule has 0 aliphatic carbocycles. The van der Waals surface area contributed by atoms with Crippen LogP contribution in [-0.4, -0.2) is 15.3 Å². The first kappa shape index (κ1) is 10.7. The van der Waals surface area contributed by atoms with Gasteiger partial charge in [0.25, 0.3) is 0 Å². The zero-order chi connectivity index (χ0) is 12.4. The van der Waals surface area contributed by atoms with E-state index in [9.17, 15) is 5.11 Å². The molecule has 0 radical (unpaired) electrons. The average molecular weight is 239 g/mol. The molecule has 0 bridgehead atoms. The van der Waals surface area contributed by atoms with Crippen LogP contribution in [0.25, 0.3) is 10.9 Å². The number of phenolic OH excluding ortho intramolecular Hbond substituents is 1. The third-order valence-corrected chi connectivity index (χ3v) is 2.87. The monoisotopic (exact) mass is 239 g/mol. The van der Waals surface area contributed by atoms with Gasteiger partial charge >= 0.3 is 0 Å². The third kappa shape index (κ3) is 2.13. The second kappa shape index (κ2) is 4.41. The molecule has 4 nitrogen and oxygen atoms in total. The second-order valence-corrected chi connectivity index (χ2v) is 4.19. The summed E-state index contributed by atoms with van der Waals surface area (Å²) in [4.78, 5) is 0. The normalized spacial score (nSPS) is 10.7. The van der Waals surface area contributed by atoms with Crippen LogP contribution in [0.4, 0.5) is 5.69 Å². The fraction of sp³-hybridized carbons (Fsp3) is 0.0714. The average Bonchev–Trinajstić information content (AvgIpc) is 2.85. The Hall–Kier alpha value is -2.49. The molecule has 3 rings (SSSR count). The SMILES string of the molecule is Oc1ccc(CNc2ccc3[nH]ncc3c2)cc1. The molecule has 1 aromatic heterocycles. The summed E-state index contributed by atoms with van der Waals surface area (Å²) in [5.74, 6) is 0.290. The van der Waals surface area contributed by atoms with Crippen molar-refractivity contribution in [3.8, 4) is 5.75 Å². The van der Waals surface area contributed by atoms with Crippen molar-refractivity contribution in [2.75, 3.05) is 5.32 Å². The van der Waals surface area contributed by atoms with Crippen molar-refractivity contribution in [3.63, 3.8) is 0 Å². The topological polar surface area (TPSA) is 60.9 Å². The number of benzene rings is 2. The van der Waals surface area contributed by atoms with Crippen LogP contribution in [0.2, 0.25) is 0 Å². The van der Waals surface area contributed by atoms with Crippen LogP contribution in [0.1, 0.15) is 5.56 Å². The number of H-pyrrole nitrogens is 1. The van der Waals surface area contributed by atoms with Crippen molar-refractivity contribution in [1.82, 2.24) is 10.2 Å². The number of hydrogen-bond acceptors (Lipinski definition) is 3. The van der Waals surface area contributed by atoms with Crippen molar-refractivity contribution in [2.24, 2.45) is 0 Å². The zero-order valence-corrected chi connectivity index (χ0v) is 9.72. The lowest BCUT2D eigenvalue weighted by molar-refractivity contribution is 0.475. The number of nitrogens with zero attached hydrogens (tertiary/aromatic N) is 1. The number of rotatable bonds is 3. The maximum Gasteiger partial charge on any atom is 0.115 e. The van der Waals surface area contributed by atoms with Crippen LogP contribution in [0.15, 0.2) is 48.7 Å². The molecule has 0 saturated heterocycles. The molecule has 4 heteroatoms. The number of anilines is 1.